The average Bonchev–Trinajstić information content (AvgIpc) is 3.64. The van der Waals surface area contributed by atoms with Crippen LogP contribution < -0.4 is 0 Å². The zero-order chi connectivity index (χ0) is 26.0. The summed E-state index contributed by atoms with van der Waals surface area (Å²) in [5.74, 6) is 2.74. The van der Waals surface area contributed by atoms with Crippen LogP contribution in [0.5, 0.6) is 0 Å². The number of benzene rings is 3. The molecule has 196 valence electrons. The largest absolute Gasteiger partial charge is 0.343 e. The van der Waals surface area contributed by atoms with Crippen molar-refractivity contribution in [2.75, 3.05) is 6.54 Å². The SMILES string of the molecule is Cc1ccc(S(=O)(=O)N2C[C@@H]3[C@H]4CC[C@H](C4)[C@@H]3[C@@H](C)[C@@H]2c2cn(Cc3ccccc3)c3ccccc23)cc1. The molecule has 2 heterocycles. The summed E-state index contributed by atoms with van der Waals surface area (Å²) in [6, 6.07) is 26.3. The van der Waals surface area contributed by atoms with Gasteiger partial charge in [0, 0.05) is 30.2 Å². The predicted octanol–water partition coefficient (Wildman–Crippen LogP) is 7.04. The third-order valence-electron chi connectivity index (χ3n) is 9.93. The van der Waals surface area contributed by atoms with Gasteiger partial charge in [-0.25, -0.2) is 8.42 Å². The Morgan fingerprint density at radius 2 is 1.58 bits per heavy atom. The third kappa shape index (κ3) is 3.77. The molecule has 3 aliphatic rings. The van der Waals surface area contributed by atoms with Crippen molar-refractivity contribution in [2.24, 2.45) is 29.6 Å². The molecule has 7 rings (SSSR count). The van der Waals surface area contributed by atoms with Crippen molar-refractivity contribution in [1.29, 1.82) is 0 Å². The fourth-order valence-corrected chi connectivity index (χ4v) is 10.0. The van der Waals surface area contributed by atoms with E-state index in [-0.39, 0.29) is 12.0 Å². The molecule has 2 aliphatic carbocycles. The van der Waals surface area contributed by atoms with Crippen molar-refractivity contribution in [1.82, 2.24) is 8.87 Å². The van der Waals surface area contributed by atoms with Crippen molar-refractivity contribution in [2.45, 2.75) is 50.6 Å². The van der Waals surface area contributed by atoms with E-state index in [1.165, 1.54) is 35.7 Å². The van der Waals surface area contributed by atoms with Crippen LogP contribution in [0.15, 0.2) is 90.0 Å². The number of piperidine rings is 1. The lowest BCUT2D eigenvalue weighted by molar-refractivity contribution is 0.0301. The molecule has 1 saturated heterocycles. The van der Waals surface area contributed by atoms with Gasteiger partial charge in [-0.3, -0.25) is 0 Å². The predicted molar refractivity (Wildman–Crippen MR) is 152 cm³/mol. The Balaban J connectivity index is 1.38. The van der Waals surface area contributed by atoms with Crippen molar-refractivity contribution < 1.29 is 8.42 Å². The van der Waals surface area contributed by atoms with Crippen LogP contribution in [0.3, 0.4) is 0 Å². The Hall–Kier alpha value is -2.89. The minimum atomic E-state index is -3.66. The first kappa shape index (κ1) is 24.2. The van der Waals surface area contributed by atoms with Crippen molar-refractivity contribution in [3.63, 3.8) is 0 Å². The summed E-state index contributed by atoms with van der Waals surface area (Å²) in [5, 5.41) is 1.17. The highest BCUT2D eigenvalue weighted by molar-refractivity contribution is 7.89. The number of para-hydroxylation sites is 1. The minimum absolute atomic E-state index is 0.177. The lowest BCUT2D eigenvalue weighted by atomic mass is 9.67. The van der Waals surface area contributed by atoms with Gasteiger partial charge in [-0.05, 0) is 85.1 Å². The molecule has 3 aromatic carbocycles. The molecule has 0 radical (unpaired) electrons. The number of aryl methyl sites for hydroxylation is 1. The Morgan fingerprint density at radius 1 is 0.868 bits per heavy atom. The molecule has 4 nitrogen and oxygen atoms in total. The van der Waals surface area contributed by atoms with Crippen molar-refractivity contribution in [3.05, 3.63) is 102 Å². The minimum Gasteiger partial charge on any atom is -0.343 e. The number of fused-ring (bicyclic) bond motifs is 6. The first-order valence-corrected chi connectivity index (χ1v) is 15.6. The normalized spacial score (nSPS) is 29.1. The highest BCUT2D eigenvalue weighted by Gasteiger charge is 2.57. The third-order valence-corrected chi connectivity index (χ3v) is 11.8. The number of aromatic nitrogens is 1. The van der Waals surface area contributed by atoms with Gasteiger partial charge in [0.2, 0.25) is 10.0 Å². The summed E-state index contributed by atoms with van der Waals surface area (Å²) in [7, 11) is -3.66. The van der Waals surface area contributed by atoms with Gasteiger partial charge in [-0.2, -0.15) is 4.31 Å². The van der Waals surface area contributed by atoms with Gasteiger partial charge in [0.15, 0.2) is 0 Å². The van der Waals surface area contributed by atoms with Gasteiger partial charge < -0.3 is 4.57 Å². The van der Waals surface area contributed by atoms with E-state index in [0.29, 0.717) is 29.2 Å². The molecule has 0 amide bonds. The monoisotopic (exact) mass is 524 g/mol. The number of nitrogens with zero attached hydrogens (tertiary/aromatic N) is 2. The van der Waals surface area contributed by atoms with E-state index in [1.54, 1.807) is 12.1 Å². The molecule has 2 saturated carbocycles. The van der Waals surface area contributed by atoms with E-state index in [2.05, 4.69) is 66.2 Å². The molecule has 2 bridgehead atoms. The molecule has 5 heteroatoms. The first-order valence-electron chi connectivity index (χ1n) is 14.1. The second-order valence-corrected chi connectivity index (χ2v) is 13.9. The second kappa shape index (κ2) is 9.10. The molecule has 0 unspecified atom stereocenters. The Labute approximate surface area is 226 Å². The van der Waals surface area contributed by atoms with Crippen LogP contribution in [0.4, 0.5) is 0 Å². The van der Waals surface area contributed by atoms with Crippen LogP contribution in [0.25, 0.3) is 10.9 Å². The summed E-state index contributed by atoms with van der Waals surface area (Å²) in [5.41, 5.74) is 4.64. The van der Waals surface area contributed by atoms with Gasteiger partial charge in [-0.15, -0.1) is 0 Å². The van der Waals surface area contributed by atoms with Crippen LogP contribution in [-0.2, 0) is 16.6 Å². The van der Waals surface area contributed by atoms with Gasteiger partial charge in [-0.1, -0.05) is 73.2 Å². The summed E-state index contributed by atoms with van der Waals surface area (Å²) in [6.07, 6.45) is 6.10. The number of hydrogen-bond donors (Lipinski definition) is 0. The van der Waals surface area contributed by atoms with Gasteiger partial charge >= 0.3 is 0 Å². The molecule has 0 N–H and O–H groups in total. The maximum Gasteiger partial charge on any atom is 0.243 e. The lowest BCUT2D eigenvalue weighted by Gasteiger charge is -2.49. The highest BCUT2D eigenvalue weighted by Crippen LogP contribution is 2.61. The van der Waals surface area contributed by atoms with E-state index in [9.17, 15) is 8.42 Å². The number of sulfonamides is 1. The van der Waals surface area contributed by atoms with E-state index < -0.39 is 10.0 Å². The Bertz CT molecular complexity index is 1570. The van der Waals surface area contributed by atoms with Crippen LogP contribution in [0.1, 0.15) is 48.9 Å². The van der Waals surface area contributed by atoms with E-state index in [4.69, 9.17) is 0 Å². The highest BCUT2D eigenvalue weighted by atomic mass is 32.2. The fraction of sp³-hybridized carbons (Fsp3) is 0.394. The zero-order valence-electron chi connectivity index (χ0n) is 22.2. The Kier molecular flexibility index (Phi) is 5.79. The van der Waals surface area contributed by atoms with E-state index >= 15 is 0 Å². The smallest absolute Gasteiger partial charge is 0.243 e. The molecule has 38 heavy (non-hydrogen) atoms. The van der Waals surface area contributed by atoms with Crippen molar-refractivity contribution in [3.8, 4) is 0 Å². The summed E-state index contributed by atoms with van der Waals surface area (Å²) >= 11 is 0. The van der Waals surface area contributed by atoms with Gasteiger partial charge in [0.1, 0.15) is 0 Å². The van der Waals surface area contributed by atoms with Gasteiger partial charge in [0.25, 0.3) is 0 Å². The molecular formula is C33H36N2O2S. The van der Waals surface area contributed by atoms with E-state index in [0.717, 1.165) is 23.6 Å². The van der Waals surface area contributed by atoms with Crippen LogP contribution in [-0.4, -0.2) is 23.8 Å². The second-order valence-electron chi connectivity index (χ2n) is 12.0. The lowest BCUT2D eigenvalue weighted by Crippen LogP contribution is -2.51. The number of rotatable bonds is 5. The first-order chi connectivity index (χ1) is 18.4. The molecule has 1 aromatic heterocycles. The van der Waals surface area contributed by atoms with Crippen LogP contribution in [0, 0.1) is 36.5 Å². The number of hydrogen-bond acceptors (Lipinski definition) is 2. The van der Waals surface area contributed by atoms with Crippen LogP contribution >= 0.6 is 0 Å². The van der Waals surface area contributed by atoms with Crippen LogP contribution in [0.2, 0.25) is 0 Å². The molecule has 0 spiro atoms. The van der Waals surface area contributed by atoms with Gasteiger partial charge in [0.05, 0.1) is 10.9 Å². The molecule has 6 atom stereocenters. The molecule has 3 fully saturated rings. The summed E-state index contributed by atoms with van der Waals surface area (Å²) in [4.78, 5) is 0.412. The van der Waals surface area contributed by atoms with Crippen molar-refractivity contribution >= 4 is 20.9 Å². The summed E-state index contributed by atoms with van der Waals surface area (Å²) < 4.78 is 33.0. The Morgan fingerprint density at radius 3 is 2.37 bits per heavy atom. The molecular weight excluding hydrogens is 488 g/mol. The topological polar surface area (TPSA) is 42.3 Å². The molecule has 1 aliphatic heterocycles. The quantitative estimate of drug-likeness (QED) is 0.281. The average molecular weight is 525 g/mol. The maximum atomic E-state index is 14.4. The standard InChI is InChI=1S/C33H36N2O2S/c1-22-12-16-27(17-13-22)38(36,37)35-21-29-25-14-15-26(18-25)32(29)23(2)33(35)30-20-34(19-24-8-4-3-5-9-24)31-11-7-6-10-28(30)31/h3-13,16-17,20,23,25-26,29,32-33H,14-15,18-19,21H2,1-2H3/t23-,25+,26-,29-,32+,33-/m1/s1. The summed E-state index contributed by atoms with van der Waals surface area (Å²) in [6.45, 7) is 5.74. The zero-order valence-corrected chi connectivity index (χ0v) is 23.0. The fourth-order valence-electron chi connectivity index (χ4n) is 8.29. The maximum absolute atomic E-state index is 14.4. The molecule has 4 aromatic rings. The van der Waals surface area contributed by atoms with E-state index in [1.807, 2.05) is 29.4 Å².